The Bertz CT molecular complexity index is 747. The van der Waals surface area contributed by atoms with Gasteiger partial charge in [0.15, 0.2) is 0 Å². The minimum atomic E-state index is -4.44. The third kappa shape index (κ3) is 3.12. The van der Waals surface area contributed by atoms with E-state index in [1.54, 1.807) is 0 Å². The molecule has 0 saturated heterocycles. The van der Waals surface area contributed by atoms with E-state index in [0.717, 1.165) is 16.7 Å². The molecule has 9 heteroatoms. The second-order valence-corrected chi connectivity index (χ2v) is 4.12. The van der Waals surface area contributed by atoms with Crippen LogP contribution in [-0.4, -0.2) is 21.9 Å². The molecule has 0 fully saturated rings. The van der Waals surface area contributed by atoms with Crippen LogP contribution in [0.4, 0.5) is 13.2 Å². The molecular weight excluding hydrogens is 291 g/mol. The standard InChI is InChI=1S/C12H10F3N3O3/c1-21-9-10(19)18(11(20)17-16-9)6-7-2-4-8(5-3-7)12(13,14)15/h2-5H,6H2,1H3,(H,17,20). The van der Waals surface area contributed by atoms with Gasteiger partial charge in [-0.05, 0) is 17.7 Å². The molecule has 2 aromatic rings. The molecule has 112 valence electrons. The van der Waals surface area contributed by atoms with E-state index < -0.39 is 23.0 Å². The summed E-state index contributed by atoms with van der Waals surface area (Å²) >= 11 is 0. The van der Waals surface area contributed by atoms with Crippen LogP contribution in [0.2, 0.25) is 0 Å². The van der Waals surface area contributed by atoms with Crippen molar-refractivity contribution < 1.29 is 17.9 Å². The summed E-state index contributed by atoms with van der Waals surface area (Å²) in [6, 6.07) is 4.16. The Balaban J connectivity index is 2.35. The average molecular weight is 301 g/mol. The number of aromatic amines is 1. The number of benzene rings is 1. The van der Waals surface area contributed by atoms with Crippen LogP contribution in [0, 0.1) is 0 Å². The van der Waals surface area contributed by atoms with Crippen molar-refractivity contribution in [3.8, 4) is 5.88 Å². The topological polar surface area (TPSA) is 77.0 Å². The monoisotopic (exact) mass is 301 g/mol. The number of halogens is 3. The minimum absolute atomic E-state index is 0.189. The smallest absolute Gasteiger partial charge is 0.416 e. The molecule has 0 bridgehead atoms. The number of aromatic nitrogens is 3. The number of methoxy groups -OCH3 is 1. The van der Waals surface area contributed by atoms with Gasteiger partial charge in [0.25, 0.3) is 5.88 Å². The summed E-state index contributed by atoms with van der Waals surface area (Å²) in [6.45, 7) is -0.189. The summed E-state index contributed by atoms with van der Waals surface area (Å²) in [5, 5.41) is 5.47. The highest BCUT2D eigenvalue weighted by Gasteiger charge is 2.29. The summed E-state index contributed by atoms with van der Waals surface area (Å²) in [6.07, 6.45) is -4.44. The molecule has 0 radical (unpaired) electrons. The summed E-state index contributed by atoms with van der Waals surface area (Å²) in [7, 11) is 1.21. The van der Waals surface area contributed by atoms with Crippen LogP contribution in [-0.2, 0) is 12.7 Å². The van der Waals surface area contributed by atoms with Crippen LogP contribution < -0.4 is 16.0 Å². The highest BCUT2D eigenvalue weighted by Crippen LogP contribution is 2.29. The molecule has 0 unspecified atom stereocenters. The largest absolute Gasteiger partial charge is 0.476 e. The Hall–Kier alpha value is -2.58. The van der Waals surface area contributed by atoms with E-state index in [4.69, 9.17) is 0 Å². The predicted molar refractivity (Wildman–Crippen MR) is 66.2 cm³/mol. The van der Waals surface area contributed by atoms with Crippen molar-refractivity contribution in [1.82, 2.24) is 14.8 Å². The lowest BCUT2D eigenvalue weighted by molar-refractivity contribution is -0.137. The van der Waals surface area contributed by atoms with E-state index in [0.29, 0.717) is 5.56 Å². The van der Waals surface area contributed by atoms with Gasteiger partial charge in [0.2, 0.25) is 0 Å². The Kier molecular flexibility index (Phi) is 3.83. The van der Waals surface area contributed by atoms with Gasteiger partial charge in [-0.3, -0.25) is 9.36 Å². The zero-order valence-electron chi connectivity index (χ0n) is 10.8. The number of nitrogens with zero attached hydrogens (tertiary/aromatic N) is 2. The Labute approximate surface area is 115 Å². The maximum atomic E-state index is 12.4. The number of H-pyrrole nitrogens is 1. The zero-order chi connectivity index (χ0) is 15.6. The molecule has 21 heavy (non-hydrogen) atoms. The van der Waals surface area contributed by atoms with Crippen molar-refractivity contribution in [3.63, 3.8) is 0 Å². The molecule has 0 aliphatic carbocycles. The molecule has 6 nitrogen and oxygen atoms in total. The number of hydrogen-bond acceptors (Lipinski definition) is 4. The van der Waals surface area contributed by atoms with Crippen LogP contribution in [0.25, 0.3) is 0 Å². The number of nitrogens with one attached hydrogen (secondary N) is 1. The normalized spacial score (nSPS) is 11.4. The van der Waals surface area contributed by atoms with Gasteiger partial charge >= 0.3 is 17.4 Å². The Morgan fingerprint density at radius 1 is 1.24 bits per heavy atom. The van der Waals surface area contributed by atoms with Gasteiger partial charge in [-0.2, -0.15) is 13.2 Å². The van der Waals surface area contributed by atoms with Crippen LogP contribution in [0.15, 0.2) is 33.9 Å². The second kappa shape index (κ2) is 5.43. The fourth-order valence-electron chi connectivity index (χ4n) is 1.67. The summed E-state index contributed by atoms with van der Waals surface area (Å²) in [5.41, 5.74) is -1.98. The van der Waals surface area contributed by atoms with Crippen molar-refractivity contribution in [2.75, 3.05) is 7.11 Å². The van der Waals surface area contributed by atoms with Crippen molar-refractivity contribution >= 4 is 0 Å². The quantitative estimate of drug-likeness (QED) is 0.918. The van der Waals surface area contributed by atoms with Crippen LogP contribution in [0.5, 0.6) is 5.88 Å². The molecule has 1 aromatic carbocycles. The lowest BCUT2D eigenvalue weighted by Crippen LogP contribution is -2.36. The van der Waals surface area contributed by atoms with E-state index in [2.05, 4.69) is 14.9 Å². The SMILES string of the molecule is COc1n[nH]c(=O)n(Cc2ccc(C(F)(F)F)cc2)c1=O. The maximum absolute atomic E-state index is 12.4. The summed E-state index contributed by atoms with van der Waals surface area (Å²) < 4.78 is 42.8. The highest BCUT2D eigenvalue weighted by molar-refractivity contribution is 5.25. The molecule has 2 rings (SSSR count). The third-order valence-corrected chi connectivity index (χ3v) is 2.74. The molecular formula is C12H10F3N3O3. The molecule has 0 amide bonds. The molecule has 1 aromatic heterocycles. The fourth-order valence-corrected chi connectivity index (χ4v) is 1.67. The van der Waals surface area contributed by atoms with Gasteiger partial charge in [-0.1, -0.05) is 12.1 Å². The first kappa shape index (κ1) is 14.8. The second-order valence-electron chi connectivity index (χ2n) is 4.12. The van der Waals surface area contributed by atoms with E-state index in [1.807, 2.05) is 0 Å². The van der Waals surface area contributed by atoms with Gasteiger partial charge in [0.1, 0.15) is 0 Å². The number of hydrogen-bond donors (Lipinski definition) is 1. The van der Waals surface area contributed by atoms with E-state index in [-0.39, 0.29) is 12.4 Å². The van der Waals surface area contributed by atoms with E-state index >= 15 is 0 Å². The molecule has 0 atom stereocenters. The summed E-state index contributed by atoms with van der Waals surface area (Å²) in [4.78, 5) is 23.4. The average Bonchev–Trinajstić information content (AvgIpc) is 2.43. The van der Waals surface area contributed by atoms with E-state index in [9.17, 15) is 22.8 Å². The van der Waals surface area contributed by atoms with Gasteiger partial charge in [-0.15, -0.1) is 5.10 Å². The van der Waals surface area contributed by atoms with Crippen LogP contribution >= 0.6 is 0 Å². The lowest BCUT2D eigenvalue weighted by atomic mass is 10.1. The predicted octanol–water partition coefficient (Wildman–Crippen LogP) is 1.01. The molecule has 0 spiro atoms. The maximum Gasteiger partial charge on any atom is 0.416 e. The first-order valence-electron chi connectivity index (χ1n) is 5.72. The lowest BCUT2D eigenvalue weighted by Gasteiger charge is -2.08. The zero-order valence-corrected chi connectivity index (χ0v) is 10.8. The van der Waals surface area contributed by atoms with Gasteiger partial charge in [0, 0.05) is 0 Å². The van der Waals surface area contributed by atoms with E-state index in [1.165, 1.54) is 19.2 Å². The molecule has 0 saturated carbocycles. The third-order valence-electron chi connectivity index (χ3n) is 2.74. The number of alkyl halides is 3. The van der Waals surface area contributed by atoms with Crippen molar-refractivity contribution in [2.45, 2.75) is 12.7 Å². The summed E-state index contributed by atoms with van der Waals surface area (Å²) in [5.74, 6) is -0.304. The van der Waals surface area contributed by atoms with Crippen LogP contribution in [0.1, 0.15) is 11.1 Å². The fraction of sp³-hybridized carbons (Fsp3) is 0.250. The highest BCUT2D eigenvalue weighted by atomic mass is 19.4. The van der Waals surface area contributed by atoms with Gasteiger partial charge in [0.05, 0.1) is 19.2 Å². The molecule has 1 N–H and O–H groups in total. The van der Waals surface area contributed by atoms with Gasteiger partial charge < -0.3 is 4.74 Å². The first-order chi connectivity index (χ1) is 9.82. The van der Waals surface area contributed by atoms with Crippen molar-refractivity contribution in [2.24, 2.45) is 0 Å². The minimum Gasteiger partial charge on any atom is -0.476 e. The Morgan fingerprint density at radius 3 is 2.38 bits per heavy atom. The molecule has 1 heterocycles. The number of rotatable bonds is 3. The van der Waals surface area contributed by atoms with Crippen LogP contribution in [0.3, 0.4) is 0 Å². The van der Waals surface area contributed by atoms with Crippen molar-refractivity contribution in [1.29, 1.82) is 0 Å². The Morgan fingerprint density at radius 2 is 1.86 bits per heavy atom. The molecule has 0 aliphatic rings. The first-order valence-corrected chi connectivity index (χ1v) is 5.72. The number of ether oxygens (including phenoxy) is 1. The molecule has 0 aliphatic heterocycles. The van der Waals surface area contributed by atoms with Crippen molar-refractivity contribution in [3.05, 3.63) is 56.2 Å². The van der Waals surface area contributed by atoms with Gasteiger partial charge in [-0.25, -0.2) is 9.89 Å².